The number of amides is 1. The van der Waals surface area contributed by atoms with E-state index in [1.807, 2.05) is 91.0 Å². The number of hydrogen-bond donors (Lipinski definition) is 0. The maximum absolute atomic E-state index is 14.8. The van der Waals surface area contributed by atoms with E-state index in [1.54, 1.807) is 0 Å². The van der Waals surface area contributed by atoms with Gasteiger partial charge in [0.25, 0.3) is 5.69 Å². The average molecular weight is 803 g/mol. The first-order chi connectivity index (χ1) is 23.7. The van der Waals surface area contributed by atoms with Crippen LogP contribution in [0.2, 0.25) is 0 Å². The SMILES string of the molecule is CC(=O)OC(c1ccon1)C1C(=O)N(C(C(=O)OCc2ccc([N+](=O)[O-])cc2)=P(c2ccccc2)(c2ccccc2)c2ccccc2)C1[S-].[Ag+]. The molecule has 1 fully saturated rings. The van der Waals surface area contributed by atoms with Crippen LogP contribution in [0, 0.1) is 16.0 Å². The maximum atomic E-state index is 14.8. The molecule has 1 aliphatic heterocycles. The van der Waals surface area contributed by atoms with Crippen LogP contribution in [-0.4, -0.2) is 43.6 Å². The normalized spacial score (nSPS) is 16.0. The molecule has 5 aromatic rings. The fourth-order valence-corrected chi connectivity index (χ4v) is 10.9. The molecular weight excluding hydrogens is 773 g/mol. The van der Waals surface area contributed by atoms with Crippen molar-refractivity contribution in [2.45, 2.75) is 25.0 Å². The van der Waals surface area contributed by atoms with E-state index >= 15 is 0 Å². The van der Waals surface area contributed by atoms with Crippen molar-refractivity contribution in [3.8, 4) is 0 Å². The summed E-state index contributed by atoms with van der Waals surface area (Å²) in [7, 11) is 0. The van der Waals surface area contributed by atoms with Crippen LogP contribution in [0.3, 0.4) is 0 Å². The molecule has 1 aromatic heterocycles. The van der Waals surface area contributed by atoms with Crippen LogP contribution in [0.4, 0.5) is 5.69 Å². The molecule has 0 N–H and O–H groups in total. The van der Waals surface area contributed by atoms with E-state index in [2.05, 4.69) is 5.16 Å². The number of benzene rings is 4. The van der Waals surface area contributed by atoms with Gasteiger partial charge in [0.15, 0.2) is 6.10 Å². The molecular formula is C36H29AgN3O8PS. The van der Waals surface area contributed by atoms with Crippen LogP contribution in [0.15, 0.2) is 132 Å². The third-order valence-corrected chi connectivity index (χ3v) is 12.9. The minimum absolute atomic E-state index is 0. The summed E-state index contributed by atoms with van der Waals surface area (Å²) in [4.78, 5) is 53.4. The summed E-state index contributed by atoms with van der Waals surface area (Å²) in [6, 6.07) is 35.4. The number of likely N-dealkylation sites (tertiary alicyclic amines) is 1. The molecule has 6 rings (SSSR count). The molecule has 1 amide bonds. The Morgan fingerprint density at radius 3 is 1.84 bits per heavy atom. The Balaban J connectivity index is 0.00000486. The first kappa shape index (κ1) is 36.6. The zero-order chi connectivity index (χ0) is 34.5. The van der Waals surface area contributed by atoms with E-state index in [-0.39, 0.29) is 45.8 Å². The summed E-state index contributed by atoms with van der Waals surface area (Å²) in [5, 5.41) is 16.3. The number of non-ortho nitro benzene ring substituents is 1. The zero-order valence-electron chi connectivity index (χ0n) is 26.3. The first-order valence-corrected chi connectivity index (χ1v) is 17.4. The van der Waals surface area contributed by atoms with E-state index < -0.39 is 47.1 Å². The van der Waals surface area contributed by atoms with Gasteiger partial charge in [-0.25, -0.2) is 4.79 Å². The van der Waals surface area contributed by atoms with Gasteiger partial charge < -0.3 is 31.5 Å². The van der Waals surface area contributed by atoms with E-state index in [0.29, 0.717) is 5.56 Å². The van der Waals surface area contributed by atoms with Crippen LogP contribution in [-0.2, 0) is 65.5 Å². The van der Waals surface area contributed by atoms with E-state index in [1.165, 1.54) is 48.4 Å². The number of nitro benzene ring substituents is 1. The Labute approximate surface area is 308 Å². The predicted molar refractivity (Wildman–Crippen MR) is 186 cm³/mol. The molecule has 1 aliphatic rings. The fraction of sp³-hybridized carbons (Fsp3) is 0.139. The number of aromatic nitrogens is 1. The van der Waals surface area contributed by atoms with Crippen molar-refractivity contribution in [1.29, 1.82) is 0 Å². The second kappa shape index (κ2) is 15.9. The quantitative estimate of drug-likeness (QED) is 0.0360. The number of carbonyl (C=O) groups is 3. The van der Waals surface area contributed by atoms with Crippen LogP contribution < -0.4 is 15.9 Å². The van der Waals surface area contributed by atoms with Gasteiger partial charge in [-0.15, -0.1) is 0 Å². The molecule has 3 unspecified atom stereocenters. The third kappa shape index (κ3) is 6.98. The van der Waals surface area contributed by atoms with Crippen molar-refractivity contribution in [3.05, 3.63) is 149 Å². The topological polar surface area (TPSA) is 142 Å². The molecule has 2 heterocycles. The average Bonchev–Trinajstić information content (AvgIpc) is 3.67. The Hall–Kier alpha value is -4.71. The van der Waals surface area contributed by atoms with Crippen molar-refractivity contribution < 1.29 is 55.7 Å². The smallest absolute Gasteiger partial charge is 0.767 e. The number of rotatable bonds is 11. The zero-order valence-corrected chi connectivity index (χ0v) is 29.5. The van der Waals surface area contributed by atoms with Crippen molar-refractivity contribution >= 4 is 64.4 Å². The number of ether oxygens (including phenoxy) is 2. The fourth-order valence-electron chi connectivity index (χ4n) is 5.95. The molecule has 50 heavy (non-hydrogen) atoms. The van der Waals surface area contributed by atoms with Gasteiger partial charge in [-0.2, -0.15) is 0 Å². The number of hydrogen-bond acceptors (Lipinski definition) is 10. The van der Waals surface area contributed by atoms with Gasteiger partial charge >= 0.3 is 34.3 Å². The number of β-lactam (4-membered cyclic amide) rings is 1. The minimum atomic E-state index is -3.25. The number of carbonyl (C=O) groups excluding carboxylic acids is 3. The molecule has 0 spiro atoms. The summed E-state index contributed by atoms with van der Waals surface area (Å²) < 4.78 is 16.5. The number of esters is 2. The molecule has 3 atom stereocenters. The summed E-state index contributed by atoms with van der Waals surface area (Å²) in [6.45, 7) is -2.27. The van der Waals surface area contributed by atoms with Gasteiger partial charge in [-0.1, -0.05) is 102 Å². The van der Waals surface area contributed by atoms with Gasteiger partial charge in [0, 0.05) is 32.0 Å². The molecule has 258 valence electrons. The Kier molecular flexibility index (Phi) is 11.6. The molecule has 11 nitrogen and oxygen atoms in total. The van der Waals surface area contributed by atoms with Crippen LogP contribution in [0.1, 0.15) is 24.3 Å². The van der Waals surface area contributed by atoms with E-state index in [0.717, 1.165) is 15.9 Å². The van der Waals surface area contributed by atoms with Crippen LogP contribution in [0.25, 0.3) is 0 Å². The molecule has 0 saturated carbocycles. The number of nitrogens with zero attached hydrogens (tertiary/aromatic N) is 3. The Morgan fingerprint density at radius 2 is 1.42 bits per heavy atom. The second-order valence-electron chi connectivity index (χ2n) is 11.1. The summed E-state index contributed by atoms with van der Waals surface area (Å²) >= 11 is 6.00. The monoisotopic (exact) mass is 801 g/mol. The van der Waals surface area contributed by atoms with E-state index in [4.69, 9.17) is 26.6 Å². The predicted octanol–water partition coefficient (Wildman–Crippen LogP) is 4.38. The van der Waals surface area contributed by atoms with Gasteiger partial charge in [0.2, 0.25) is 5.91 Å². The molecule has 14 heteroatoms. The standard InChI is InChI=1S/C36H30N3O8PS.Ag/c1-24(40)47-32(30-21-22-46-37-30)31-33(41)38(35(31)49)34(36(42)45-23-25-17-19-26(20-18-25)39(43)44)48(27-11-5-2-6-12-27,28-13-7-3-8-14-28)29-15-9-4-10-16-29;/h2-22,31-32,35,49H,23H2,1H3;/q;+1/p-1. The Morgan fingerprint density at radius 1 is 0.900 bits per heavy atom. The van der Waals surface area contributed by atoms with E-state index in [9.17, 15) is 24.5 Å². The second-order valence-corrected chi connectivity index (χ2v) is 14.9. The molecule has 1 saturated heterocycles. The summed E-state index contributed by atoms with van der Waals surface area (Å²) in [5.74, 6) is -3.06. The summed E-state index contributed by atoms with van der Waals surface area (Å²) in [5.41, 5.74) is 0.650. The van der Waals surface area contributed by atoms with Crippen molar-refractivity contribution in [2.75, 3.05) is 0 Å². The first-order valence-electron chi connectivity index (χ1n) is 15.1. The third-order valence-electron chi connectivity index (χ3n) is 8.13. The van der Waals surface area contributed by atoms with Crippen molar-refractivity contribution in [1.82, 2.24) is 10.1 Å². The Bertz CT molecular complexity index is 1930. The van der Waals surface area contributed by atoms with Gasteiger partial charge in [0.05, 0.1) is 10.8 Å². The number of nitro groups is 1. The maximum Gasteiger partial charge on any atom is 1.00 e. The van der Waals surface area contributed by atoms with Gasteiger partial charge in [-0.05, 0) is 33.6 Å². The minimum Gasteiger partial charge on any atom is -0.767 e. The molecule has 0 aliphatic carbocycles. The van der Waals surface area contributed by atoms with Crippen molar-refractivity contribution in [2.24, 2.45) is 5.92 Å². The van der Waals surface area contributed by atoms with Gasteiger partial charge in [-0.3, -0.25) is 19.7 Å². The van der Waals surface area contributed by atoms with Crippen molar-refractivity contribution in [3.63, 3.8) is 0 Å². The van der Waals surface area contributed by atoms with Gasteiger partial charge in [0.1, 0.15) is 24.0 Å². The largest absolute Gasteiger partial charge is 1.00 e. The van der Waals surface area contributed by atoms with Crippen LogP contribution >= 0.6 is 6.89 Å². The summed E-state index contributed by atoms with van der Waals surface area (Å²) in [6.07, 6.45) is 0.146. The molecule has 0 bridgehead atoms. The molecule has 4 aromatic carbocycles. The molecule has 0 radical (unpaired) electrons. The van der Waals surface area contributed by atoms with Crippen LogP contribution in [0.5, 0.6) is 0 Å².